The van der Waals surface area contributed by atoms with Gasteiger partial charge in [0.1, 0.15) is 7.85 Å². The molecule has 0 saturated heterocycles. The second-order valence-electron chi connectivity index (χ2n) is 4.08. The van der Waals surface area contributed by atoms with Crippen LogP contribution in [0.5, 0.6) is 0 Å². The summed E-state index contributed by atoms with van der Waals surface area (Å²) >= 11 is 0. The van der Waals surface area contributed by atoms with Gasteiger partial charge in [-0.3, -0.25) is 0 Å². The lowest BCUT2D eigenvalue weighted by atomic mass is 9.83. The molecule has 12 heavy (non-hydrogen) atoms. The minimum Gasteiger partial charge on any atom is -0.0810 e. The molecule has 0 rings (SSSR count). The maximum absolute atomic E-state index is 2.43. The van der Waals surface area contributed by atoms with E-state index in [1.807, 2.05) is 0 Å². The van der Waals surface area contributed by atoms with Crippen LogP contribution in [0.2, 0.25) is 6.32 Å². The normalized spacial score (nSPS) is 15.9. The zero-order chi connectivity index (χ0) is 9.40. The van der Waals surface area contributed by atoms with Crippen molar-refractivity contribution < 1.29 is 0 Å². The molecular weight excluding hydrogens is 143 g/mol. The average Bonchev–Trinajstić information content (AvgIpc) is 2.10. The minimum atomic E-state index is 0.954. The molecule has 2 atom stereocenters. The summed E-state index contributed by atoms with van der Waals surface area (Å²) in [6.45, 7) is 7.07. The molecule has 0 aromatic rings. The molecule has 0 aromatic carbocycles. The van der Waals surface area contributed by atoms with E-state index in [4.69, 9.17) is 0 Å². The topological polar surface area (TPSA) is 0 Å². The molecule has 0 fully saturated rings. The van der Waals surface area contributed by atoms with E-state index in [0.29, 0.717) is 0 Å². The predicted molar refractivity (Wildman–Crippen MR) is 60.4 cm³/mol. The largest absolute Gasteiger partial charge is 0.101 e. The fraction of sp³-hybridized carbons (Fsp3) is 1.00. The second kappa shape index (κ2) is 7.70. The summed E-state index contributed by atoms with van der Waals surface area (Å²) < 4.78 is 0. The monoisotopic (exact) mass is 168 g/mol. The van der Waals surface area contributed by atoms with Gasteiger partial charge < -0.3 is 0 Å². The molecule has 2 unspecified atom stereocenters. The molecule has 0 aliphatic rings. The fourth-order valence-electron chi connectivity index (χ4n) is 2.02. The summed E-state index contributed by atoms with van der Waals surface area (Å²) in [5.74, 6) is 1.94. The third kappa shape index (κ3) is 4.85. The summed E-state index contributed by atoms with van der Waals surface area (Å²) in [6, 6.07) is 0. The highest BCUT2D eigenvalue weighted by molar-refractivity contribution is 6.08. The van der Waals surface area contributed by atoms with E-state index in [9.17, 15) is 0 Å². The van der Waals surface area contributed by atoms with Crippen LogP contribution in [0.4, 0.5) is 0 Å². The molecule has 0 aliphatic carbocycles. The highest BCUT2D eigenvalue weighted by Crippen LogP contribution is 2.25. The van der Waals surface area contributed by atoms with Gasteiger partial charge in [-0.15, -0.1) is 0 Å². The molecule has 0 amide bonds. The van der Waals surface area contributed by atoms with Gasteiger partial charge in [0.2, 0.25) is 0 Å². The standard InChI is InChI=1S/C11H25B/c1-4-7-11(5-2)10(3)8-6-9-12/h10-11H,4-9,12H2,1-3H3. The third-order valence-corrected chi connectivity index (χ3v) is 3.00. The van der Waals surface area contributed by atoms with Gasteiger partial charge in [0.15, 0.2) is 0 Å². The number of hydrogen-bond donors (Lipinski definition) is 0. The molecule has 0 radical (unpaired) electrons. The average molecular weight is 168 g/mol. The summed E-state index contributed by atoms with van der Waals surface area (Å²) in [6.07, 6.45) is 8.37. The molecule has 0 N–H and O–H groups in total. The van der Waals surface area contributed by atoms with Crippen LogP contribution in [0.3, 0.4) is 0 Å². The Hall–Kier alpha value is 0.0649. The lowest BCUT2D eigenvalue weighted by Gasteiger charge is -2.21. The molecule has 1 heteroatoms. The molecular formula is C11H25B. The summed E-state index contributed by atoms with van der Waals surface area (Å²) in [7, 11) is 2.29. The van der Waals surface area contributed by atoms with E-state index < -0.39 is 0 Å². The maximum Gasteiger partial charge on any atom is 0.101 e. The SMILES string of the molecule is BCCCC(C)C(CC)CCC. The number of hydrogen-bond acceptors (Lipinski definition) is 0. The molecule has 0 saturated carbocycles. The first-order chi connectivity index (χ1) is 5.76. The summed E-state index contributed by atoms with van der Waals surface area (Å²) in [5, 5.41) is 0. The van der Waals surface area contributed by atoms with Crippen LogP contribution in [-0.2, 0) is 0 Å². The van der Waals surface area contributed by atoms with Gasteiger partial charge in [-0.25, -0.2) is 0 Å². The van der Waals surface area contributed by atoms with Gasteiger partial charge in [-0.05, 0) is 11.8 Å². The van der Waals surface area contributed by atoms with Crippen LogP contribution in [0.15, 0.2) is 0 Å². The first kappa shape index (κ1) is 12.1. The van der Waals surface area contributed by atoms with Crippen molar-refractivity contribution in [1.29, 1.82) is 0 Å². The van der Waals surface area contributed by atoms with Crippen molar-refractivity contribution >= 4 is 7.85 Å². The predicted octanol–water partition coefficient (Wildman–Crippen LogP) is 3.28. The lowest BCUT2D eigenvalue weighted by molar-refractivity contribution is 0.304. The first-order valence-electron chi connectivity index (χ1n) is 5.76. The van der Waals surface area contributed by atoms with Crippen LogP contribution >= 0.6 is 0 Å². The molecule has 0 spiro atoms. The van der Waals surface area contributed by atoms with E-state index in [0.717, 1.165) is 11.8 Å². The van der Waals surface area contributed by atoms with Gasteiger partial charge in [0.25, 0.3) is 0 Å². The highest BCUT2D eigenvalue weighted by atomic mass is 14.2. The Morgan fingerprint density at radius 1 is 1.17 bits per heavy atom. The Morgan fingerprint density at radius 2 is 1.83 bits per heavy atom. The molecule has 0 nitrogen and oxygen atoms in total. The molecule has 0 bridgehead atoms. The van der Waals surface area contributed by atoms with E-state index in [1.54, 1.807) is 0 Å². The fourth-order valence-corrected chi connectivity index (χ4v) is 2.02. The Morgan fingerprint density at radius 3 is 2.25 bits per heavy atom. The first-order valence-corrected chi connectivity index (χ1v) is 5.76. The van der Waals surface area contributed by atoms with Gasteiger partial charge in [-0.1, -0.05) is 59.2 Å². The van der Waals surface area contributed by atoms with Crippen molar-refractivity contribution in [3.63, 3.8) is 0 Å². The van der Waals surface area contributed by atoms with Crippen LogP contribution in [0, 0.1) is 11.8 Å². The summed E-state index contributed by atoms with van der Waals surface area (Å²) in [4.78, 5) is 0. The van der Waals surface area contributed by atoms with Crippen LogP contribution in [0.1, 0.15) is 52.9 Å². The minimum absolute atomic E-state index is 0.954. The lowest BCUT2D eigenvalue weighted by Crippen LogP contribution is -2.10. The van der Waals surface area contributed by atoms with Crippen LogP contribution in [0.25, 0.3) is 0 Å². The maximum atomic E-state index is 2.43. The molecule has 0 heterocycles. The van der Waals surface area contributed by atoms with Crippen molar-refractivity contribution in [2.75, 3.05) is 0 Å². The van der Waals surface area contributed by atoms with Crippen molar-refractivity contribution in [1.82, 2.24) is 0 Å². The quantitative estimate of drug-likeness (QED) is 0.511. The smallest absolute Gasteiger partial charge is 0.0810 e. The highest BCUT2D eigenvalue weighted by Gasteiger charge is 2.13. The van der Waals surface area contributed by atoms with Crippen LogP contribution < -0.4 is 0 Å². The zero-order valence-corrected chi connectivity index (χ0v) is 9.40. The zero-order valence-electron chi connectivity index (χ0n) is 9.40. The molecule has 0 aliphatic heterocycles. The van der Waals surface area contributed by atoms with Gasteiger partial charge >= 0.3 is 0 Å². The van der Waals surface area contributed by atoms with Gasteiger partial charge in [-0.2, -0.15) is 0 Å². The second-order valence-corrected chi connectivity index (χ2v) is 4.08. The van der Waals surface area contributed by atoms with Crippen molar-refractivity contribution in [2.45, 2.75) is 59.2 Å². The van der Waals surface area contributed by atoms with Gasteiger partial charge in [0.05, 0.1) is 0 Å². The molecule has 72 valence electrons. The number of rotatable bonds is 7. The Bertz CT molecular complexity index is 91.0. The summed E-state index contributed by atoms with van der Waals surface area (Å²) in [5.41, 5.74) is 0. The van der Waals surface area contributed by atoms with Crippen LogP contribution in [-0.4, -0.2) is 7.85 Å². The molecule has 0 aromatic heterocycles. The van der Waals surface area contributed by atoms with E-state index >= 15 is 0 Å². The Labute approximate surface area is 79.5 Å². The van der Waals surface area contributed by atoms with E-state index in [2.05, 4.69) is 28.6 Å². The Kier molecular flexibility index (Phi) is 7.74. The van der Waals surface area contributed by atoms with Crippen molar-refractivity contribution in [3.8, 4) is 0 Å². The Balaban J connectivity index is 3.60. The van der Waals surface area contributed by atoms with Gasteiger partial charge in [0, 0.05) is 0 Å². The third-order valence-electron chi connectivity index (χ3n) is 3.00. The van der Waals surface area contributed by atoms with E-state index in [-0.39, 0.29) is 0 Å². The van der Waals surface area contributed by atoms with Crippen molar-refractivity contribution in [2.24, 2.45) is 11.8 Å². The van der Waals surface area contributed by atoms with Crippen molar-refractivity contribution in [3.05, 3.63) is 0 Å². The van der Waals surface area contributed by atoms with E-state index in [1.165, 1.54) is 38.4 Å².